The summed E-state index contributed by atoms with van der Waals surface area (Å²) in [6.45, 7) is 1.91. The number of pyridine rings is 1. The molecule has 4 nitrogen and oxygen atoms in total. The number of anilines is 2. The van der Waals surface area contributed by atoms with E-state index in [0.29, 0.717) is 23.8 Å². The molecular weight excluding hydrogens is 349 g/mol. The quantitative estimate of drug-likeness (QED) is 0.662. The third-order valence-corrected chi connectivity index (χ3v) is 5.89. The zero-order valence-electron chi connectivity index (χ0n) is 14.6. The largest absolute Gasteiger partial charge is 0.494 e. The second-order valence-corrected chi connectivity index (χ2v) is 7.67. The van der Waals surface area contributed by atoms with Gasteiger partial charge in [0.25, 0.3) is 0 Å². The number of nitrogens with zero attached hydrogens (tertiary/aromatic N) is 3. The van der Waals surface area contributed by atoms with Crippen LogP contribution in [0.5, 0.6) is 5.75 Å². The van der Waals surface area contributed by atoms with E-state index >= 15 is 4.39 Å². The molecule has 3 aromatic rings. The van der Waals surface area contributed by atoms with E-state index in [1.165, 1.54) is 22.1 Å². The van der Waals surface area contributed by atoms with Crippen LogP contribution in [0.1, 0.15) is 29.7 Å². The lowest BCUT2D eigenvalue weighted by Gasteiger charge is -2.33. The standard InChI is InChI=1S/C20H18FN3OS/c1-11-7-12(5-6-22-11)17-16(21)9-13-8-14-10-23-26-20(14)24(15-3-4-15)18(13)19(17)25-2/h5-7,9-10,15H,3-4,8H2,1-2H3. The third-order valence-electron chi connectivity index (χ3n) is 5.05. The summed E-state index contributed by atoms with van der Waals surface area (Å²) in [6.07, 6.45) is 6.58. The number of halogens is 1. The molecule has 26 heavy (non-hydrogen) atoms. The van der Waals surface area contributed by atoms with Crippen molar-refractivity contribution >= 4 is 22.2 Å². The molecule has 6 heteroatoms. The van der Waals surface area contributed by atoms with Gasteiger partial charge in [0.05, 0.1) is 18.4 Å². The predicted octanol–water partition coefficient (Wildman–Crippen LogP) is 4.87. The zero-order chi connectivity index (χ0) is 17.8. The Balaban J connectivity index is 1.78. The van der Waals surface area contributed by atoms with Crippen molar-refractivity contribution in [3.63, 3.8) is 0 Å². The first-order chi connectivity index (χ1) is 12.7. The van der Waals surface area contributed by atoms with E-state index in [9.17, 15) is 0 Å². The number of fused-ring (bicyclic) bond motifs is 2. The molecule has 1 saturated carbocycles. The number of ether oxygens (including phenoxy) is 1. The fraction of sp³-hybridized carbons (Fsp3) is 0.300. The van der Waals surface area contributed by atoms with Crippen molar-refractivity contribution in [2.24, 2.45) is 0 Å². The van der Waals surface area contributed by atoms with Crippen molar-refractivity contribution in [1.29, 1.82) is 0 Å². The van der Waals surface area contributed by atoms with Crippen molar-refractivity contribution in [1.82, 2.24) is 9.36 Å². The molecule has 0 spiro atoms. The fourth-order valence-corrected chi connectivity index (χ4v) is 4.65. The Bertz CT molecular complexity index is 1010. The Labute approximate surface area is 155 Å². The molecule has 132 valence electrons. The molecule has 0 amide bonds. The van der Waals surface area contributed by atoms with Gasteiger partial charge in [-0.25, -0.2) is 4.39 Å². The van der Waals surface area contributed by atoms with E-state index in [4.69, 9.17) is 4.74 Å². The summed E-state index contributed by atoms with van der Waals surface area (Å²) in [7, 11) is 1.62. The summed E-state index contributed by atoms with van der Waals surface area (Å²) >= 11 is 1.51. The smallest absolute Gasteiger partial charge is 0.153 e. The van der Waals surface area contributed by atoms with Gasteiger partial charge in [-0.1, -0.05) is 0 Å². The molecule has 1 aromatic carbocycles. The fourth-order valence-electron chi connectivity index (χ4n) is 3.80. The van der Waals surface area contributed by atoms with Crippen molar-refractivity contribution in [3.05, 3.63) is 53.2 Å². The predicted molar refractivity (Wildman–Crippen MR) is 101 cm³/mol. The van der Waals surface area contributed by atoms with Crippen LogP contribution in [0.15, 0.2) is 30.6 Å². The van der Waals surface area contributed by atoms with Crippen molar-refractivity contribution < 1.29 is 9.13 Å². The van der Waals surface area contributed by atoms with Gasteiger partial charge in [0.2, 0.25) is 0 Å². The summed E-state index contributed by atoms with van der Waals surface area (Å²) in [5.41, 5.74) is 5.29. The van der Waals surface area contributed by atoms with Crippen molar-refractivity contribution in [3.8, 4) is 16.9 Å². The number of hydrogen-bond donors (Lipinski definition) is 0. The Morgan fingerprint density at radius 2 is 2.12 bits per heavy atom. The second kappa shape index (κ2) is 5.77. The number of aromatic nitrogens is 2. The summed E-state index contributed by atoms with van der Waals surface area (Å²) < 4.78 is 25.3. The number of rotatable bonds is 3. The lowest BCUT2D eigenvalue weighted by Crippen LogP contribution is -2.25. The van der Waals surface area contributed by atoms with Gasteiger partial charge in [-0.05, 0) is 60.6 Å². The molecule has 0 bridgehead atoms. The van der Waals surface area contributed by atoms with E-state index in [-0.39, 0.29) is 5.82 Å². The topological polar surface area (TPSA) is 38.2 Å². The van der Waals surface area contributed by atoms with Crippen molar-refractivity contribution in [2.75, 3.05) is 12.0 Å². The normalized spacial score (nSPS) is 15.6. The van der Waals surface area contributed by atoms with Gasteiger partial charge in [0, 0.05) is 36.1 Å². The van der Waals surface area contributed by atoms with Crippen LogP contribution >= 0.6 is 11.5 Å². The average molecular weight is 367 g/mol. The van der Waals surface area contributed by atoms with Crippen molar-refractivity contribution in [2.45, 2.75) is 32.2 Å². The molecule has 0 radical (unpaired) electrons. The van der Waals surface area contributed by atoms with E-state index in [0.717, 1.165) is 35.3 Å². The van der Waals surface area contributed by atoms with Gasteiger partial charge < -0.3 is 9.64 Å². The van der Waals surface area contributed by atoms with Crippen LogP contribution < -0.4 is 9.64 Å². The van der Waals surface area contributed by atoms with Crippen LogP contribution in [0.4, 0.5) is 15.1 Å². The summed E-state index contributed by atoms with van der Waals surface area (Å²) in [5.74, 6) is 0.352. The number of methoxy groups -OCH3 is 1. The van der Waals surface area contributed by atoms with Gasteiger partial charge in [-0.3, -0.25) is 4.98 Å². The Morgan fingerprint density at radius 3 is 2.85 bits per heavy atom. The molecule has 3 heterocycles. The monoisotopic (exact) mass is 367 g/mol. The van der Waals surface area contributed by atoms with Gasteiger partial charge in [-0.15, -0.1) is 0 Å². The molecule has 1 aliphatic carbocycles. The molecule has 1 aliphatic heterocycles. The first-order valence-electron chi connectivity index (χ1n) is 8.72. The minimum absolute atomic E-state index is 0.256. The van der Waals surface area contributed by atoms with Crippen LogP contribution in [0.25, 0.3) is 11.1 Å². The Kier molecular flexibility index (Phi) is 3.50. The van der Waals surface area contributed by atoms with Crippen LogP contribution in [-0.2, 0) is 6.42 Å². The van der Waals surface area contributed by atoms with Gasteiger partial charge >= 0.3 is 0 Å². The Morgan fingerprint density at radius 1 is 1.27 bits per heavy atom. The van der Waals surface area contributed by atoms with Gasteiger partial charge in [-0.2, -0.15) is 4.37 Å². The highest BCUT2D eigenvalue weighted by molar-refractivity contribution is 7.10. The highest BCUT2D eigenvalue weighted by Gasteiger charge is 2.39. The molecule has 0 saturated heterocycles. The molecule has 2 aromatic heterocycles. The molecule has 5 rings (SSSR count). The van der Waals surface area contributed by atoms with Gasteiger partial charge in [0.1, 0.15) is 10.8 Å². The molecule has 0 atom stereocenters. The van der Waals surface area contributed by atoms with Gasteiger partial charge in [0.15, 0.2) is 5.75 Å². The lowest BCUT2D eigenvalue weighted by molar-refractivity contribution is 0.413. The van der Waals surface area contributed by atoms with E-state index in [1.54, 1.807) is 19.4 Å². The van der Waals surface area contributed by atoms with E-state index < -0.39 is 0 Å². The summed E-state index contributed by atoms with van der Waals surface area (Å²) in [4.78, 5) is 6.55. The minimum Gasteiger partial charge on any atom is -0.494 e. The highest BCUT2D eigenvalue weighted by Crippen LogP contribution is 2.53. The molecule has 2 aliphatic rings. The lowest BCUT2D eigenvalue weighted by atomic mass is 9.94. The van der Waals surface area contributed by atoms with Crippen LogP contribution in [0.2, 0.25) is 0 Å². The second-order valence-electron chi connectivity index (χ2n) is 6.89. The summed E-state index contributed by atoms with van der Waals surface area (Å²) in [5, 5.41) is 1.17. The SMILES string of the molecule is COc1c(-c2ccnc(C)c2)c(F)cc2c1N(C1CC1)c1sncc1C2. The highest BCUT2D eigenvalue weighted by atomic mass is 32.1. The molecule has 0 unspecified atom stereocenters. The first kappa shape index (κ1) is 15.8. The number of hydrogen-bond acceptors (Lipinski definition) is 5. The van der Waals surface area contributed by atoms with E-state index in [1.807, 2.05) is 25.3 Å². The maximum atomic E-state index is 15.2. The van der Waals surface area contributed by atoms with Crippen LogP contribution in [-0.4, -0.2) is 22.5 Å². The van der Waals surface area contributed by atoms with E-state index in [2.05, 4.69) is 14.3 Å². The maximum Gasteiger partial charge on any atom is 0.153 e. The first-order valence-corrected chi connectivity index (χ1v) is 9.50. The molecule has 0 N–H and O–H groups in total. The average Bonchev–Trinajstić information content (AvgIpc) is 3.36. The zero-order valence-corrected chi connectivity index (χ0v) is 15.4. The van der Waals surface area contributed by atoms with Crippen LogP contribution in [0.3, 0.4) is 0 Å². The van der Waals surface area contributed by atoms with Crippen LogP contribution in [0, 0.1) is 12.7 Å². The molecule has 1 fully saturated rings. The summed E-state index contributed by atoms with van der Waals surface area (Å²) in [6, 6.07) is 5.84. The minimum atomic E-state index is -0.256. The number of benzene rings is 1. The Hall–Kier alpha value is -2.47. The maximum absolute atomic E-state index is 15.2. The third kappa shape index (κ3) is 2.32. The number of aryl methyl sites for hydroxylation is 1. The molecular formula is C20H18FN3OS.